The van der Waals surface area contributed by atoms with Gasteiger partial charge >= 0.3 is 0 Å². The Bertz CT molecular complexity index is 435. The fraction of sp³-hybridized carbons (Fsp3) is 0.600. The highest BCUT2D eigenvalue weighted by Gasteiger charge is 2.45. The molecule has 2 aliphatic carbocycles. The molecule has 1 N–H and O–H groups in total. The van der Waals surface area contributed by atoms with Gasteiger partial charge in [0, 0.05) is 12.1 Å². The van der Waals surface area contributed by atoms with Crippen LogP contribution in [-0.2, 0) is 0 Å². The highest BCUT2D eigenvalue weighted by molar-refractivity contribution is 5.57. The van der Waals surface area contributed by atoms with Gasteiger partial charge in [-0.05, 0) is 43.7 Å². The molecule has 3 heteroatoms. The molecule has 0 heterocycles. The molecule has 0 aliphatic heterocycles. The zero-order valence-electron chi connectivity index (χ0n) is 10.8. The quantitative estimate of drug-likeness (QED) is 0.875. The highest BCUT2D eigenvalue weighted by atomic mass is 19.1. The monoisotopic (exact) mass is 249 g/mol. The van der Waals surface area contributed by atoms with Crippen molar-refractivity contribution in [3.05, 3.63) is 24.0 Å². The molecule has 98 valence electrons. The molecule has 0 bridgehead atoms. The highest BCUT2D eigenvalue weighted by Crippen LogP contribution is 2.50. The lowest BCUT2D eigenvalue weighted by molar-refractivity contribution is 0.338. The molecule has 2 nitrogen and oxygen atoms in total. The summed E-state index contributed by atoms with van der Waals surface area (Å²) in [6, 6.07) is 5.32. The number of hydrogen-bond donors (Lipinski definition) is 1. The molecule has 18 heavy (non-hydrogen) atoms. The molecular formula is C15H20FNO. The summed E-state index contributed by atoms with van der Waals surface area (Å²) in [5.41, 5.74) is 0.941. The number of anilines is 1. The second kappa shape index (κ2) is 4.79. The van der Waals surface area contributed by atoms with Gasteiger partial charge < -0.3 is 10.1 Å². The number of benzene rings is 1. The standard InChI is InChI=1S/C15H20FNO/c1-2-18-15-9-11(16)6-7-14(15)17-13-5-3-4-10-8-12(10)13/h6-7,9-10,12-13,17H,2-5,8H2,1H3/t10-,12+,13?/m0/s1. The minimum atomic E-state index is -0.239. The van der Waals surface area contributed by atoms with E-state index < -0.39 is 0 Å². The Kier molecular flexibility index (Phi) is 3.14. The summed E-state index contributed by atoms with van der Waals surface area (Å²) in [7, 11) is 0. The van der Waals surface area contributed by atoms with Crippen molar-refractivity contribution < 1.29 is 9.13 Å². The average molecular weight is 249 g/mol. The van der Waals surface area contributed by atoms with E-state index in [2.05, 4.69) is 5.32 Å². The van der Waals surface area contributed by atoms with Gasteiger partial charge in [0.25, 0.3) is 0 Å². The number of nitrogens with one attached hydrogen (secondary N) is 1. The summed E-state index contributed by atoms with van der Waals surface area (Å²) in [6.45, 7) is 2.49. The van der Waals surface area contributed by atoms with Gasteiger partial charge in [-0.3, -0.25) is 0 Å². The van der Waals surface area contributed by atoms with Crippen LogP contribution in [0.2, 0.25) is 0 Å². The zero-order chi connectivity index (χ0) is 12.5. The second-order valence-electron chi connectivity index (χ2n) is 5.41. The van der Waals surface area contributed by atoms with Gasteiger partial charge in [0.05, 0.1) is 12.3 Å². The van der Waals surface area contributed by atoms with E-state index in [0.29, 0.717) is 18.4 Å². The van der Waals surface area contributed by atoms with Crippen molar-refractivity contribution in [2.45, 2.75) is 38.6 Å². The predicted molar refractivity (Wildman–Crippen MR) is 70.4 cm³/mol. The van der Waals surface area contributed by atoms with Crippen LogP contribution in [0.25, 0.3) is 0 Å². The summed E-state index contributed by atoms with van der Waals surface area (Å²) in [4.78, 5) is 0. The van der Waals surface area contributed by atoms with Gasteiger partial charge in [-0.2, -0.15) is 0 Å². The van der Waals surface area contributed by atoms with Crippen LogP contribution in [0.3, 0.4) is 0 Å². The zero-order valence-corrected chi connectivity index (χ0v) is 10.8. The normalized spacial score (nSPS) is 29.6. The van der Waals surface area contributed by atoms with Crippen molar-refractivity contribution in [2.75, 3.05) is 11.9 Å². The molecule has 0 radical (unpaired) electrons. The molecule has 3 rings (SSSR count). The molecule has 0 amide bonds. The number of fused-ring (bicyclic) bond motifs is 1. The predicted octanol–water partition coefficient (Wildman–Crippen LogP) is 3.82. The van der Waals surface area contributed by atoms with Crippen molar-refractivity contribution in [1.82, 2.24) is 0 Å². The second-order valence-corrected chi connectivity index (χ2v) is 5.41. The molecule has 0 spiro atoms. The van der Waals surface area contributed by atoms with Gasteiger partial charge in [0.2, 0.25) is 0 Å². The van der Waals surface area contributed by atoms with E-state index >= 15 is 0 Å². The molecule has 2 fully saturated rings. The van der Waals surface area contributed by atoms with Crippen molar-refractivity contribution >= 4 is 5.69 Å². The van der Waals surface area contributed by atoms with E-state index in [1.165, 1.54) is 37.8 Å². The first kappa shape index (κ1) is 11.8. The van der Waals surface area contributed by atoms with E-state index in [1.54, 1.807) is 6.07 Å². The van der Waals surface area contributed by atoms with Crippen LogP contribution < -0.4 is 10.1 Å². The van der Waals surface area contributed by atoms with Crippen LogP contribution >= 0.6 is 0 Å². The Hall–Kier alpha value is -1.25. The van der Waals surface area contributed by atoms with Crippen LogP contribution in [0.4, 0.5) is 10.1 Å². The number of ether oxygens (including phenoxy) is 1. The van der Waals surface area contributed by atoms with E-state index in [9.17, 15) is 4.39 Å². The van der Waals surface area contributed by atoms with E-state index in [0.717, 1.165) is 17.5 Å². The Labute approximate surface area is 108 Å². The molecule has 0 saturated heterocycles. The van der Waals surface area contributed by atoms with Crippen LogP contribution in [0, 0.1) is 17.7 Å². The number of rotatable bonds is 4. The van der Waals surface area contributed by atoms with Crippen molar-refractivity contribution in [3.8, 4) is 5.75 Å². The Morgan fingerprint density at radius 1 is 1.39 bits per heavy atom. The summed E-state index contributed by atoms with van der Waals surface area (Å²) in [6.07, 6.45) is 5.29. The molecule has 2 aliphatic rings. The van der Waals surface area contributed by atoms with Crippen LogP contribution in [0.1, 0.15) is 32.6 Å². The third-order valence-electron chi connectivity index (χ3n) is 4.17. The third kappa shape index (κ3) is 2.31. The van der Waals surface area contributed by atoms with Gasteiger partial charge in [0.15, 0.2) is 0 Å². The fourth-order valence-electron chi connectivity index (χ4n) is 3.18. The minimum Gasteiger partial charge on any atom is -0.492 e. The minimum absolute atomic E-state index is 0.239. The average Bonchev–Trinajstić information content (AvgIpc) is 3.13. The number of hydrogen-bond acceptors (Lipinski definition) is 2. The number of halogens is 1. The summed E-state index contributed by atoms with van der Waals surface area (Å²) in [5, 5.41) is 3.56. The van der Waals surface area contributed by atoms with E-state index in [-0.39, 0.29) is 5.82 Å². The summed E-state index contributed by atoms with van der Waals surface area (Å²) < 4.78 is 18.7. The van der Waals surface area contributed by atoms with E-state index in [1.807, 2.05) is 6.92 Å². The molecule has 1 unspecified atom stereocenters. The van der Waals surface area contributed by atoms with Gasteiger partial charge in [-0.25, -0.2) is 4.39 Å². The maximum Gasteiger partial charge on any atom is 0.145 e. The maximum absolute atomic E-state index is 13.2. The third-order valence-corrected chi connectivity index (χ3v) is 4.17. The lowest BCUT2D eigenvalue weighted by Gasteiger charge is -2.25. The lowest BCUT2D eigenvalue weighted by atomic mass is 9.95. The van der Waals surface area contributed by atoms with Gasteiger partial charge in [0.1, 0.15) is 11.6 Å². The summed E-state index contributed by atoms with van der Waals surface area (Å²) >= 11 is 0. The largest absolute Gasteiger partial charge is 0.492 e. The first-order valence-corrected chi connectivity index (χ1v) is 6.97. The molecular weight excluding hydrogens is 229 g/mol. The molecule has 2 saturated carbocycles. The molecule has 1 aromatic rings. The Morgan fingerprint density at radius 3 is 3.11 bits per heavy atom. The van der Waals surface area contributed by atoms with E-state index in [4.69, 9.17) is 4.74 Å². The Balaban J connectivity index is 1.74. The first-order chi connectivity index (χ1) is 8.78. The van der Waals surface area contributed by atoms with Crippen LogP contribution in [0.5, 0.6) is 5.75 Å². The smallest absolute Gasteiger partial charge is 0.145 e. The van der Waals surface area contributed by atoms with Gasteiger partial charge in [-0.1, -0.05) is 12.8 Å². The van der Waals surface area contributed by atoms with Crippen molar-refractivity contribution in [3.63, 3.8) is 0 Å². The SMILES string of the molecule is CCOc1cc(F)ccc1NC1CCC[C@H]2C[C@@H]12. The molecule has 0 aromatic heterocycles. The van der Waals surface area contributed by atoms with Crippen LogP contribution in [0.15, 0.2) is 18.2 Å². The first-order valence-electron chi connectivity index (χ1n) is 6.97. The molecule has 3 atom stereocenters. The lowest BCUT2D eigenvalue weighted by Crippen LogP contribution is -2.25. The van der Waals surface area contributed by atoms with Crippen molar-refractivity contribution in [2.24, 2.45) is 11.8 Å². The topological polar surface area (TPSA) is 21.3 Å². The van der Waals surface area contributed by atoms with Gasteiger partial charge in [-0.15, -0.1) is 0 Å². The molecule has 1 aromatic carbocycles. The van der Waals surface area contributed by atoms with Crippen LogP contribution in [-0.4, -0.2) is 12.6 Å². The Morgan fingerprint density at radius 2 is 2.28 bits per heavy atom. The maximum atomic E-state index is 13.2. The fourth-order valence-corrected chi connectivity index (χ4v) is 3.18. The van der Waals surface area contributed by atoms with Crippen molar-refractivity contribution in [1.29, 1.82) is 0 Å². The summed E-state index contributed by atoms with van der Waals surface area (Å²) in [5.74, 6) is 2.17.